The monoisotopic (exact) mass is 248 g/mol. The van der Waals surface area contributed by atoms with Gasteiger partial charge in [0.05, 0.1) is 6.42 Å². The Bertz CT molecular complexity index is 430. The van der Waals surface area contributed by atoms with Crippen molar-refractivity contribution in [3.8, 4) is 0 Å². The summed E-state index contributed by atoms with van der Waals surface area (Å²) in [5.41, 5.74) is 5.03. The minimum Gasteiger partial charge on any atom is -0.481 e. The predicted molar refractivity (Wildman–Crippen MR) is 75.3 cm³/mol. The lowest BCUT2D eigenvalue weighted by Crippen LogP contribution is -2.14. The molecule has 2 nitrogen and oxygen atoms in total. The van der Waals surface area contributed by atoms with E-state index in [9.17, 15) is 4.79 Å². The van der Waals surface area contributed by atoms with E-state index >= 15 is 0 Å². The normalized spacial score (nSPS) is 13.4. The molecule has 0 saturated carbocycles. The van der Waals surface area contributed by atoms with E-state index in [1.165, 1.54) is 22.3 Å². The second kappa shape index (κ2) is 5.13. The standard InChI is InChI=1S/C16H24O2/c1-10-7-13(16(4,5)6)8-11(2)15(10)12(3)9-14(17)18/h7-8,12H,9H2,1-6H3,(H,17,18). The highest BCUT2D eigenvalue weighted by atomic mass is 16.4. The molecule has 1 N–H and O–H groups in total. The molecule has 1 aromatic carbocycles. The summed E-state index contributed by atoms with van der Waals surface area (Å²) in [7, 11) is 0. The fraction of sp³-hybridized carbons (Fsp3) is 0.562. The van der Waals surface area contributed by atoms with Crippen LogP contribution in [0.5, 0.6) is 0 Å². The first-order valence-corrected chi connectivity index (χ1v) is 6.46. The van der Waals surface area contributed by atoms with Crippen LogP contribution in [-0.4, -0.2) is 11.1 Å². The van der Waals surface area contributed by atoms with Gasteiger partial charge in [-0.05, 0) is 47.4 Å². The average molecular weight is 248 g/mol. The van der Waals surface area contributed by atoms with Crippen molar-refractivity contribution in [1.29, 1.82) is 0 Å². The number of hydrogen-bond acceptors (Lipinski definition) is 1. The molecule has 2 heteroatoms. The lowest BCUT2D eigenvalue weighted by Gasteiger charge is -2.24. The van der Waals surface area contributed by atoms with Gasteiger partial charge in [0.1, 0.15) is 0 Å². The largest absolute Gasteiger partial charge is 0.481 e. The van der Waals surface area contributed by atoms with Gasteiger partial charge in [-0.15, -0.1) is 0 Å². The SMILES string of the molecule is Cc1cc(C(C)(C)C)cc(C)c1C(C)CC(=O)O. The fourth-order valence-corrected chi connectivity index (χ4v) is 2.55. The molecule has 0 spiro atoms. The van der Waals surface area contributed by atoms with E-state index in [4.69, 9.17) is 5.11 Å². The summed E-state index contributed by atoms with van der Waals surface area (Å²) in [6, 6.07) is 4.39. The van der Waals surface area contributed by atoms with Gasteiger partial charge in [-0.1, -0.05) is 39.8 Å². The highest BCUT2D eigenvalue weighted by Crippen LogP contribution is 2.31. The Morgan fingerprint density at radius 2 is 1.67 bits per heavy atom. The quantitative estimate of drug-likeness (QED) is 0.871. The maximum absolute atomic E-state index is 10.8. The van der Waals surface area contributed by atoms with Gasteiger partial charge in [-0.3, -0.25) is 4.79 Å². The minimum absolute atomic E-state index is 0.0662. The number of carboxylic acid groups (broad SMARTS) is 1. The fourth-order valence-electron chi connectivity index (χ4n) is 2.55. The van der Waals surface area contributed by atoms with Crippen LogP contribution in [0, 0.1) is 13.8 Å². The van der Waals surface area contributed by atoms with Crippen molar-refractivity contribution in [3.05, 3.63) is 34.4 Å². The number of carboxylic acids is 1. The van der Waals surface area contributed by atoms with Crippen LogP contribution in [-0.2, 0) is 10.2 Å². The molecule has 1 aromatic rings. The Hall–Kier alpha value is -1.31. The van der Waals surface area contributed by atoms with Crippen molar-refractivity contribution in [2.24, 2.45) is 0 Å². The first-order chi connectivity index (χ1) is 8.12. The number of aryl methyl sites for hydroxylation is 2. The summed E-state index contributed by atoms with van der Waals surface area (Å²) >= 11 is 0. The molecule has 1 rings (SSSR count). The van der Waals surface area contributed by atoms with Gasteiger partial charge < -0.3 is 5.11 Å². The molecule has 1 unspecified atom stereocenters. The number of aliphatic carboxylic acids is 1. The molecule has 0 aromatic heterocycles. The van der Waals surface area contributed by atoms with Crippen LogP contribution in [0.3, 0.4) is 0 Å². The molecule has 1 atom stereocenters. The van der Waals surface area contributed by atoms with E-state index in [1.807, 2.05) is 6.92 Å². The molecule has 0 fully saturated rings. The molecule has 0 bridgehead atoms. The zero-order valence-electron chi connectivity index (χ0n) is 12.3. The average Bonchev–Trinajstić information content (AvgIpc) is 2.13. The lowest BCUT2D eigenvalue weighted by atomic mass is 9.81. The minimum atomic E-state index is -0.735. The van der Waals surface area contributed by atoms with Crippen molar-refractivity contribution >= 4 is 5.97 Å². The van der Waals surface area contributed by atoms with Crippen molar-refractivity contribution in [2.45, 2.75) is 59.3 Å². The number of carbonyl (C=O) groups is 1. The van der Waals surface area contributed by atoms with Gasteiger partial charge in [0.2, 0.25) is 0 Å². The number of rotatable bonds is 3. The molecule has 0 aliphatic rings. The summed E-state index contributed by atoms with van der Waals surface area (Å²) in [6.07, 6.45) is 0.191. The van der Waals surface area contributed by atoms with E-state index in [2.05, 4.69) is 46.8 Å². The van der Waals surface area contributed by atoms with E-state index in [0.29, 0.717) is 0 Å². The maximum Gasteiger partial charge on any atom is 0.303 e. The van der Waals surface area contributed by atoms with Gasteiger partial charge >= 0.3 is 5.97 Å². The summed E-state index contributed by atoms with van der Waals surface area (Å²) < 4.78 is 0. The third-order valence-corrected chi connectivity index (χ3v) is 3.43. The van der Waals surface area contributed by atoms with Gasteiger partial charge in [0, 0.05) is 0 Å². The van der Waals surface area contributed by atoms with Crippen molar-refractivity contribution in [3.63, 3.8) is 0 Å². The topological polar surface area (TPSA) is 37.3 Å². The second-order valence-corrected chi connectivity index (χ2v) is 6.27. The smallest absolute Gasteiger partial charge is 0.303 e. The second-order valence-electron chi connectivity index (χ2n) is 6.27. The van der Waals surface area contributed by atoms with Gasteiger partial charge in [0.15, 0.2) is 0 Å². The first-order valence-electron chi connectivity index (χ1n) is 6.46. The van der Waals surface area contributed by atoms with Crippen LogP contribution < -0.4 is 0 Å². The highest BCUT2D eigenvalue weighted by Gasteiger charge is 2.19. The number of benzene rings is 1. The maximum atomic E-state index is 10.8. The molecular formula is C16H24O2. The van der Waals surface area contributed by atoms with E-state index < -0.39 is 5.97 Å². The van der Waals surface area contributed by atoms with Crippen LogP contribution in [0.4, 0.5) is 0 Å². The van der Waals surface area contributed by atoms with Gasteiger partial charge in [-0.2, -0.15) is 0 Å². The van der Waals surface area contributed by atoms with Gasteiger partial charge in [-0.25, -0.2) is 0 Å². The highest BCUT2D eigenvalue weighted by molar-refractivity contribution is 5.68. The van der Waals surface area contributed by atoms with Crippen LogP contribution >= 0.6 is 0 Å². The molecule has 0 saturated heterocycles. The summed E-state index contributed by atoms with van der Waals surface area (Å²) in [4.78, 5) is 10.8. The van der Waals surface area contributed by atoms with Crippen molar-refractivity contribution < 1.29 is 9.90 Å². The Kier molecular flexibility index (Phi) is 4.20. The zero-order chi connectivity index (χ0) is 14.1. The molecule has 18 heavy (non-hydrogen) atoms. The number of hydrogen-bond donors (Lipinski definition) is 1. The van der Waals surface area contributed by atoms with Crippen LogP contribution in [0.15, 0.2) is 12.1 Å². The molecule has 0 aliphatic heterocycles. The van der Waals surface area contributed by atoms with Crippen LogP contribution in [0.2, 0.25) is 0 Å². The Morgan fingerprint density at radius 3 is 2.00 bits per heavy atom. The van der Waals surface area contributed by atoms with Crippen LogP contribution in [0.1, 0.15) is 62.3 Å². The van der Waals surface area contributed by atoms with Crippen molar-refractivity contribution in [2.75, 3.05) is 0 Å². The molecule has 0 heterocycles. The zero-order valence-corrected chi connectivity index (χ0v) is 12.3. The molecule has 100 valence electrons. The predicted octanol–water partition coefficient (Wildman–Crippen LogP) is 4.18. The first kappa shape index (κ1) is 14.7. The molecule has 0 amide bonds. The summed E-state index contributed by atoms with van der Waals surface area (Å²) in [5, 5.41) is 8.91. The Balaban J connectivity index is 3.20. The van der Waals surface area contributed by atoms with Gasteiger partial charge in [0.25, 0.3) is 0 Å². The van der Waals surface area contributed by atoms with Crippen LogP contribution in [0.25, 0.3) is 0 Å². The Labute approximate surface area is 110 Å². The van der Waals surface area contributed by atoms with E-state index in [-0.39, 0.29) is 17.8 Å². The van der Waals surface area contributed by atoms with E-state index in [1.54, 1.807) is 0 Å². The Morgan fingerprint density at radius 1 is 1.22 bits per heavy atom. The molecule has 0 radical (unpaired) electrons. The van der Waals surface area contributed by atoms with Crippen molar-refractivity contribution in [1.82, 2.24) is 0 Å². The van der Waals surface area contributed by atoms with E-state index in [0.717, 1.165) is 0 Å². The summed E-state index contributed by atoms with van der Waals surface area (Å²) in [6.45, 7) is 12.7. The molecule has 0 aliphatic carbocycles. The lowest BCUT2D eigenvalue weighted by molar-refractivity contribution is -0.137. The third kappa shape index (κ3) is 3.34. The molecular weight excluding hydrogens is 224 g/mol. The summed E-state index contributed by atoms with van der Waals surface area (Å²) in [5.74, 6) is -0.669. The third-order valence-electron chi connectivity index (χ3n) is 3.43.